The Morgan fingerprint density at radius 1 is 0.412 bits per heavy atom. The third kappa shape index (κ3) is 3.41. The quantitative estimate of drug-likeness (QED) is 0.183. The van der Waals surface area contributed by atoms with E-state index in [4.69, 9.17) is 15.0 Å². The van der Waals surface area contributed by atoms with Crippen LogP contribution in [0.4, 0.5) is 0 Å². The highest BCUT2D eigenvalue weighted by Gasteiger charge is 2.22. The SMILES string of the molecule is Cc1cc(-n2c3ccccc3n3c4cccc(C)c4nc23)cc2c1nc1sc3ccc(-n4c5ccccc5n5c6cccc(C)c6nc45)cc3n12. The van der Waals surface area contributed by atoms with Crippen LogP contribution in [0.15, 0.2) is 115 Å². The number of benzene rings is 6. The Morgan fingerprint density at radius 3 is 1.57 bits per heavy atom. The van der Waals surface area contributed by atoms with E-state index in [2.05, 4.69) is 158 Å². The normalized spacial score (nSPS) is 12.6. The molecule has 0 spiro atoms. The van der Waals surface area contributed by atoms with Crippen LogP contribution in [-0.4, -0.2) is 37.3 Å². The zero-order valence-electron chi connectivity index (χ0n) is 28.0. The molecule has 12 aromatic rings. The lowest BCUT2D eigenvalue weighted by molar-refractivity contribution is 1.11. The molecular formula is C42H28N8S. The lowest BCUT2D eigenvalue weighted by atomic mass is 10.1. The van der Waals surface area contributed by atoms with E-state index in [-0.39, 0.29) is 0 Å². The van der Waals surface area contributed by atoms with E-state index in [0.29, 0.717) is 0 Å². The molecule has 0 aliphatic heterocycles. The van der Waals surface area contributed by atoms with Gasteiger partial charge in [-0.15, -0.1) is 0 Å². The summed E-state index contributed by atoms with van der Waals surface area (Å²) in [5.74, 6) is 1.81. The number of imidazole rings is 5. The van der Waals surface area contributed by atoms with Crippen LogP contribution in [0.3, 0.4) is 0 Å². The van der Waals surface area contributed by atoms with Crippen LogP contribution in [0, 0.1) is 20.8 Å². The van der Waals surface area contributed by atoms with Crippen molar-refractivity contribution in [3.05, 3.63) is 132 Å². The molecule has 0 saturated heterocycles. The maximum absolute atomic E-state index is 5.23. The molecule has 0 unspecified atom stereocenters. The first-order chi connectivity index (χ1) is 25.0. The van der Waals surface area contributed by atoms with Crippen molar-refractivity contribution in [1.82, 2.24) is 37.3 Å². The molecule has 0 aliphatic rings. The van der Waals surface area contributed by atoms with Crippen molar-refractivity contribution in [2.24, 2.45) is 0 Å². The summed E-state index contributed by atoms with van der Waals surface area (Å²) in [6.07, 6.45) is 0. The van der Waals surface area contributed by atoms with Crippen molar-refractivity contribution in [3.63, 3.8) is 0 Å². The average Bonchev–Trinajstić information content (AvgIpc) is 3.96. The van der Waals surface area contributed by atoms with E-state index < -0.39 is 0 Å². The Bertz CT molecular complexity index is 3470. The number of nitrogens with zero attached hydrogens (tertiary/aromatic N) is 8. The molecule has 12 rings (SSSR count). The Balaban J connectivity index is 1.15. The van der Waals surface area contributed by atoms with Crippen molar-refractivity contribution < 1.29 is 0 Å². The van der Waals surface area contributed by atoms with Gasteiger partial charge in [-0.1, -0.05) is 59.9 Å². The molecule has 0 saturated carbocycles. The van der Waals surface area contributed by atoms with Crippen LogP contribution in [0.25, 0.3) is 93.3 Å². The maximum Gasteiger partial charge on any atom is 0.220 e. The van der Waals surface area contributed by atoms with Gasteiger partial charge in [0.15, 0.2) is 4.96 Å². The number of rotatable bonds is 2. The fraction of sp³-hybridized carbons (Fsp3) is 0.0714. The molecule has 242 valence electrons. The fourth-order valence-electron chi connectivity index (χ4n) is 8.38. The molecule has 51 heavy (non-hydrogen) atoms. The van der Waals surface area contributed by atoms with Crippen LogP contribution < -0.4 is 0 Å². The standard InChI is InChI=1S/C42H28N8S/c1-23-10-8-16-32-37(23)43-40-46(28-12-4-6-14-30(28)48(32)40)26-18-19-36-34(21-26)50-35-22-27(20-25(3)39(35)45-42(50)51-36)47-29-13-5-7-15-31(29)49-33-17-9-11-24(2)38(33)44-41(47)49/h4-22H,1-3H3. The van der Waals surface area contributed by atoms with E-state index in [9.17, 15) is 0 Å². The molecule has 6 heterocycles. The Morgan fingerprint density at radius 2 is 0.941 bits per heavy atom. The Kier molecular flexibility index (Phi) is 5.05. The highest BCUT2D eigenvalue weighted by molar-refractivity contribution is 7.23. The largest absolute Gasteiger partial charge is 0.283 e. The first kappa shape index (κ1) is 27.4. The summed E-state index contributed by atoms with van der Waals surface area (Å²) < 4.78 is 12.7. The monoisotopic (exact) mass is 676 g/mol. The van der Waals surface area contributed by atoms with Crippen LogP contribution in [0.5, 0.6) is 0 Å². The van der Waals surface area contributed by atoms with E-state index in [1.807, 2.05) is 0 Å². The summed E-state index contributed by atoms with van der Waals surface area (Å²) in [6.45, 7) is 6.43. The van der Waals surface area contributed by atoms with Gasteiger partial charge in [0.05, 0.1) is 76.8 Å². The van der Waals surface area contributed by atoms with Gasteiger partial charge < -0.3 is 0 Å². The summed E-state index contributed by atoms with van der Waals surface area (Å²) in [5.41, 5.74) is 17.6. The topological polar surface area (TPSA) is 61.8 Å². The fourth-order valence-corrected chi connectivity index (χ4v) is 9.39. The van der Waals surface area contributed by atoms with Crippen molar-refractivity contribution in [1.29, 1.82) is 0 Å². The lowest BCUT2D eigenvalue weighted by Crippen LogP contribution is -1.97. The summed E-state index contributed by atoms with van der Waals surface area (Å²) in [6, 6.07) is 41.3. The van der Waals surface area contributed by atoms with Crippen LogP contribution >= 0.6 is 11.3 Å². The van der Waals surface area contributed by atoms with Crippen molar-refractivity contribution in [2.45, 2.75) is 20.8 Å². The summed E-state index contributed by atoms with van der Waals surface area (Å²) in [5, 5.41) is 0. The van der Waals surface area contributed by atoms with Gasteiger partial charge in [-0.2, -0.15) is 0 Å². The predicted octanol–water partition coefficient (Wildman–Crippen LogP) is 10.1. The van der Waals surface area contributed by atoms with E-state index in [1.165, 1.54) is 15.8 Å². The van der Waals surface area contributed by atoms with Gasteiger partial charge in [0.2, 0.25) is 11.6 Å². The minimum absolute atomic E-state index is 0.906. The number of hydrogen-bond donors (Lipinski definition) is 0. The second kappa shape index (κ2) is 9.41. The van der Waals surface area contributed by atoms with Gasteiger partial charge in [-0.25, -0.2) is 15.0 Å². The molecule has 8 nitrogen and oxygen atoms in total. The Labute approximate surface area is 293 Å². The Hall–Kier alpha value is -6.45. The molecule has 0 bridgehead atoms. The van der Waals surface area contributed by atoms with E-state index >= 15 is 0 Å². The molecule has 0 aliphatic carbocycles. The molecule has 0 radical (unpaired) electrons. The van der Waals surface area contributed by atoms with Gasteiger partial charge >= 0.3 is 0 Å². The average molecular weight is 677 g/mol. The predicted molar refractivity (Wildman–Crippen MR) is 208 cm³/mol. The van der Waals surface area contributed by atoms with Crippen LogP contribution in [0.2, 0.25) is 0 Å². The number of aromatic nitrogens is 8. The maximum atomic E-state index is 5.23. The third-order valence-electron chi connectivity index (χ3n) is 10.7. The zero-order chi connectivity index (χ0) is 33.7. The van der Waals surface area contributed by atoms with Gasteiger partial charge in [0.25, 0.3) is 0 Å². The first-order valence-corrected chi connectivity index (χ1v) is 18.0. The number of para-hydroxylation sites is 6. The van der Waals surface area contributed by atoms with Gasteiger partial charge in [-0.05, 0) is 104 Å². The second-order valence-electron chi connectivity index (χ2n) is 13.6. The molecule has 0 N–H and O–H groups in total. The number of hydrogen-bond acceptors (Lipinski definition) is 4. The molecule has 0 amide bonds. The minimum atomic E-state index is 0.906. The number of aryl methyl sites for hydroxylation is 3. The smallest absolute Gasteiger partial charge is 0.220 e. The molecule has 0 fully saturated rings. The number of fused-ring (bicyclic) bond motifs is 15. The summed E-state index contributed by atoms with van der Waals surface area (Å²) >= 11 is 1.73. The summed E-state index contributed by atoms with van der Waals surface area (Å²) in [7, 11) is 0. The third-order valence-corrected chi connectivity index (χ3v) is 11.7. The molecule has 6 aromatic heterocycles. The van der Waals surface area contributed by atoms with Gasteiger partial charge in [0.1, 0.15) is 0 Å². The molecular weight excluding hydrogens is 649 g/mol. The van der Waals surface area contributed by atoms with Crippen LogP contribution in [0.1, 0.15) is 16.7 Å². The first-order valence-electron chi connectivity index (χ1n) is 17.1. The number of thiazole rings is 1. The lowest BCUT2D eigenvalue weighted by Gasteiger charge is -2.09. The molecule has 6 aromatic carbocycles. The van der Waals surface area contributed by atoms with Gasteiger partial charge in [-0.3, -0.25) is 22.3 Å². The van der Waals surface area contributed by atoms with Crippen molar-refractivity contribution >= 4 is 93.2 Å². The molecule has 0 atom stereocenters. The zero-order valence-corrected chi connectivity index (χ0v) is 28.8. The second-order valence-corrected chi connectivity index (χ2v) is 14.7. The van der Waals surface area contributed by atoms with Crippen molar-refractivity contribution in [3.8, 4) is 11.4 Å². The van der Waals surface area contributed by atoms with Gasteiger partial charge in [0, 0.05) is 0 Å². The molecule has 9 heteroatoms. The van der Waals surface area contributed by atoms with E-state index in [0.717, 1.165) is 94.1 Å². The summed E-state index contributed by atoms with van der Waals surface area (Å²) in [4.78, 5) is 16.6. The van der Waals surface area contributed by atoms with Crippen LogP contribution in [-0.2, 0) is 0 Å². The highest BCUT2D eigenvalue weighted by Crippen LogP contribution is 2.37. The van der Waals surface area contributed by atoms with Crippen molar-refractivity contribution in [2.75, 3.05) is 0 Å². The minimum Gasteiger partial charge on any atom is -0.283 e. The van der Waals surface area contributed by atoms with E-state index in [1.54, 1.807) is 11.3 Å². The highest BCUT2D eigenvalue weighted by atomic mass is 32.1.